The van der Waals surface area contributed by atoms with E-state index in [0.29, 0.717) is 11.1 Å². The molecule has 0 saturated heterocycles. The van der Waals surface area contributed by atoms with Crippen LogP contribution in [0.3, 0.4) is 0 Å². The lowest BCUT2D eigenvalue weighted by Crippen LogP contribution is -2.70. The van der Waals surface area contributed by atoms with E-state index < -0.39 is 86.3 Å². The number of aliphatic hydroxyl groups is 4. The second-order valence-corrected chi connectivity index (χ2v) is 10.7. The number of Topliss-reactive ketones (excluding diaryl/α,β-unsaturated/α-hetero) is 2. The van der Waals surface area contributed by atoms with Crippen molar-refractivity contribution < 1.29 is 44.8 Å². The maximum atomic E-state index is 14.2. The first-order chi connectivity index (χ1) is 19.2. The molecule has 13 nitrogen and oxygen atoms in total. The molecule has 0 radical (unpaired) electrons. The summed E-state index contributed by atoms with van der Waals surface area (Å²) in [6, 6.07) is 8.47. The van der Waals surface area contributed by atoms with Crippen molar-refractivity contribution in [3.63, 3.8) is 0 Å². The van der Waals surface area contributed by atoms with Crippen LogP contribution >= 0.6 is 0 Å². The number of benzene rings is 2. The fraction of sp³-hybridized carbons (Fsp3) is 0.321. The topological polar surface area (TPSA) is 225 Å². The Morgan fingerprint density at radius 1 is 1.12 bits per heavy atom. The minimum Gasteiger partial charge on any atom is -0.508 e. The number of nitrogens with zero attached hydrogens (tertiary/aromatic N) is 2. The smallest absolute Gasteiger partial charge is 0.269 e. The van der Waals surface area contributed by atoms with Gasteiger partial charge in [0.05, 0.1) is 28.6 Å². The first-order valence-corrected chi connectivity index (χ1v) is 12.6. The van der Waals surface area contributed by atoms with Crippen LogP contribution in [-0.4, -0.2) is 84.7 Å². The Hall–Kier alpha value is -4.59. The maximum absolute atomic E-state index is 14.2. The average Bonchev–Trinajstić information content (AvgIpc) is 2.90. The van der Waals surface area contributed by atoms with Gasteiger partial charge in [-0.3, -0.25) is 29.4 Å². The standard InChI is InChI=1S/C28H27N3O10/c1-30(2)21-20-23(34)17-14(10-11-5-3-6-12(9-11)31(40)41)13-7-4-8-15(32)16(13)22(33)18(17)25(36)28(20,39)26(37)19(24(21)35)27(29)38/h3-9,14,17,20-21,23,32-34,37,39H,10H2,1-2H3,(H2,29,38). The molecule has 0 spiro atoms. The number of nitrogens with two attached hydrogens (primary N) is 1. The number of aromatic hydroxyl groups is 1. The van der Waals surface area contributed by atoms with E-state index in [9.17, 15) is 50.0 Å². The lowest BCUT2D eigenvalue weighted by Gasteiger charge is -2.54. The summed E-state index contributed by atoms with van der Waals surface area (Å²) < 4.78 is 0. The number of non-ortho nitro benzene ring substituents is 1. The highest BCUT2D eigenvalue weighted by atomic mass is 16.6. The van der Waals surface area contributed by atoms with E-state index in [1.807, 2.05) is 0 Å². The van der Waals surface area contributed by atoms with Crippen LogP contribution in [0.5, 0.6) is 5.75 Å². The quantitative estimate of drug-likeness (QED) is 0.167. The number of ketones is 2. The van der Waals surface area contributed by atoms with E-state index in [4.69, 9.17) is 5.73 Å². The van der Waals surface area contributed by atoms with Crippen molar-refractivity contribution in [2.75, 3.05) is 14.1 Å². The summed E-state index contributed by atoms with van der Waals surface area (Å²) in [6.45, 7) is 0. The number of nitro benzene ring substituents is 1. The molecule has 2 aromatic carbocycles. The zero-order valence-electron chi connectivity index (χ0n) is 21.9. The molecule has 0 aliphatic heterocycles. The van der Waals surface area contributed by atoms with E-state index in [1.165, 1.54) is 49.3 Å². The SMILES string of the molecule is CN(C)C1C(=O)C(C(N)=O)=C(O)C2(O)C(=O)C3=C(O)c4c(O)cccc4C(Cc4cccc([N+](=O)[O-])c4)C3C(O)C12. The fourth-order valence-electron chi connectivity index (χ4n) is 6.69. The largest absolute Gasteiger partial charge is 0.508 e. The molecule has 0 aromatic heterocycles. The number of rotatable bonds is 5. The molecule has 0 bridgehead atoms. The highest BCUT2D eigenvalue weighted by molar-refractivity contribution is 6.24. The van der Waals surface area contributed by atoms with Crippen molar-refractivity contribution in [3.05, 3.63) is 86.2 Å². The lowest BCUT2D eigenvalue weighted by atomic mass is 9.53. The number of primary amides is 1. The summed E-state index contributed by atoms with van der Waals surface area (Å²) in [5, 5.41) is 68.2. The van der Waals surface area contributed by atoms with E-state index in [1.54, 1.807) is 12.1 Å². The molecular formula is C28H27N3O10. The molecule has 214 valence electrons. The van der Waals surface area contributed by atoms with E-state index in [-0.39, 0.29) is 17.7 Å². The number of phenols is 1. The normalized spacial score (nSPS) is 29.2. The number of carbonyl (C=O) groups excluding carboxylic acids is 3. The van der Waals surface area contributed by atoms with Crippen molar-refractivity contribution in [1.82, 2.24) is 4.90 Å². The molecule has 5 rings (SSSR count). The number of hydrogen-bond acceptors (Lipinski definition) is 11. The van der Waals surface area contributed by atoms with Crippen molar-refractivity contribution in [2.24, 2.45) is 17.6 Å². The van der Waals surface area contributed by atoms with Gasteiger partial charge in [-0.25, -0.2) is 0 Å². The minimum atomic E-state index is -3.04. The molecule has 1 amide bonds. The van der Waals surface area contributed by atoms with Crippen molar-refractivity contribution in [3.8, 4) is 5.75 Å². The molecule has 3 aliphatic carbocycles. The zero-order valence-corrected chi connectivity index (χ0v) is 21.9. The van der Waals surface area contributed by atoms with Crippen LogP contribution in [0.4, 0.5) is 5.69 Å². The van der Waals surface area contributed by atoms with Gasteiger partial charge in [0, 0.05) is 23.6 Å². The molecule has 2 aromatic rings. The van der Waals surface area contributed by atoms with Gasteiger partial charge in [-0.1, -0.05) is 24.3 Å². The zero-order chi connectivity index (χ0) is 30.1. The Morgan fingerprint density at radius 2 is 1.78 bits per heavy atom. The number of fused-ring (bicyclic) bond motifs is 3. The number of phenolic OH excluding ortho intramolecular Hbond substituents is 1. The molecule has 7 N–H and O–H groups in total. The predicted octanol–water partition coefficient (Wildman–Crippen LogP) is 0.627. The second kappa shape index (κ2) is 9.51. The van der Waals surface area contributed by atoms with Crippen LogP contribution in [0.25, 0.3) is 5.76 Å². The van der Waals surface area contributed by atoms with Gasteiger partial charge in [0.1, 0.15) is 22.8 Å². The third kappa shape index (κ3) is 3.84. The number of hydrogen-bond donors (Lipinski definition) is 6. The summed E-state index contributed by atoms with van der Waals surface area (Å²) >= 11 is 0. The molecule has 13 heteroatoms. The van der Waals surface area contributed by atoms with Gasteiger partial charge in [0.25, 0.3) is 11.6 Å². The third-order valence-electron chi connectivity index (χ3n) is 8.37. The van der Waals surface area contributed by atoms with Gasteiger partial charge in [0.2, 0.25) is 5.78 Å². The van der Waals surface area contributed by atoms with Crippen molar-refractivity contribution >= 4 is 28.9 Å². The van der Waals surface area contributed by atoms with Crippen LogP contribution < -0.4 is 5.73 Å². The summed E-state index contributed by atoms with van der Waals surface area (Å²) in [5.41, 5.74) is 1.12. The fourth-order valence-corrected chi connectivity index (χ4v) is 6.69. The predicted molar refractivity (Wildman–Crippen MR) is 141 cm³/mol. The van der Waals surface area contributed by atoms with E-state index in [0.717, 1.165) is 0 Å². The van der Waals surface area contributed by atoms with Gasteiger partial charge >= 0.3 is 0 Å². The third-order valence-corrected chi connectivity index (χ3v) is 8.37. The molecule has 41 heavy (non-hydrogen) atoms. The van der Waals surface area contributed by atoms with Gasteiger partial charge in [-0.2, -0.15) is 0 Å². The Kier molecular flexibility index (Phi) is 6.48. The van der Waals surface area contributed by atoms with Crippen LogP contribution in [0, 0.1) is 22.0 Å². The molecular weight excluding hydrogens is 538 g/mol. The van der Waals surface area contributed by atoms with Crippen LogP contribution in [0.1, 0.15) is 22.6 Å². The number of likely N-dealkylation sites (N-methyl/N-ethyl adjacent to an activating group) is 1. The van der Waals surface area contributed by atoms with Crippen molar-refractivity contribution in [1.29, 1.82) is 0 Å². The first-order valence-electron chi connectivity index (χ1n) is 12.6. The van der Waals surface area contributed by atoms with Gasteiger partial charge in [0.15, 0.2) is 11.4 Å². The van der Waals surface area contributed by atoms with Gasteiger partial charge in [-0.15, -0.1) is 0 Å². The Labute approximate surface area is 232 Å². The van der Waals surface area contributed by atoms with Crippen LogP contribution in [0.2, 0.25) is 0 Å². The average molecular weight is 566 g/mol. The summed E-state index contributed by atoms with van der Waals surface area (Å²) in [4.78, 5) is 51.8. The van der Waals surface area contributed by atoms with Crippen LogP contribution in [0.15, 0.2) is 59.4 Å². The molecule has 6 atom stereocenters. The minimum absolute atomic E-state index is 0.0238. The number of amides is 1. The summed E-state index contributed by atoms with van der Waals surface area (Å²) in [5.74, 6) is -10.1. The molecule has 1 saturated carbocycles. The van der Waals surface area contributed by atoms with Gasteiger partial charge in [-0.05, 0) is 43.6 Å². The Morgan fingerprint density at radius 3 is 2.39 bits per heavy atom. The summed E-state index contributed by atoms with van der Waals surface area (Å²) in [7, 11) is 2.83. The molecule has 3 aliphatic rings. The van der Waals surface area contributed by atoms with Crippen LogP contribution in [-0.2, 0) is 20.8 Å². The molecule has 1 fully saturated rings. The maximum Gasteiger partial charge on any atom is 0.269 e. The monoisotopic (exact) mass is 565 g/mol. The van der Waals surface area contributed by atoms with E-state index in [2.05, 4.69) is 0 Å². The molecule has 6 unspecified atom stereocenters. The Bertz CT molecular complexity index is 1600. The molecule has 0 heterocycles. The Balaban J connectivity index is 1.79. The van der Waals surface area contributed by atoms with Crippen molar-refractivity contribution in [2.45, 2.75) is 30.1 Å². The highest BCUT2D eigenvalue weighted by Crippen LogP contribution is 2.56. The summed E-state index contributed by atoms with van der Waals surface area (Å²) in [6.07, 6.45) is -1.81. The second-order valence-electron chi connectivity index (χ2n) is 10.7. The van der Waals surface area contributed by atoms with Gasteiger partial charge < -0.3 is 31.3 Å². The number of aliphatic hydroxyl groups excluding tert-OH is 3. The number of carbonyl (C=O) groups is 3. The first kappa shape index (κ1) is 28.0. The highest BCUT2D eigenvalue weighted by Gasteiger charge is 2.68. The lowest BCUT2D eigenvalue weighted by molar-refractivity contribution is -0.384. The van der Waals surface area contributed by atoms with E-state index >= 15 is 0 Å². The number of nitro groups is 1.